The largest absolute Gasteiger partial charge is 0.481 e. The van der Waals surface area contributed by atoms with Crippen LogP contribution in [0.2, 0.25) is 0 Å². The van der Waals surface area contributed by atoms with Crippen molar-refractivity contribution in [3.63, 3.8) is 0 Å². The van der Waals surface area contributed by atoms with E-state index in [0.717, 1.165) is 17.8 Å². The van der Waals surface area contributed by atoms with Crippen LogP contribution in [0.25, 0.3) is 0 Å². The molecule has 6 atom stereocenters. The number of aliphatic hydroxyl groups excluding tert-OH is 1. The summed E-state index contributed by atoms with van der Waals surface area (Å²) in [5, 5.41) is 19.0. The van der Waals surface area contributed by atoms with E-state index in [9.17, 15) is 9.90 Å². The second kappa shape index (κ2) is 8.02. The highest BCUT2D eigenvalue weighted by atomic mass is 16.4. The molecule has 0 saturated heterocycles. The molecule has 4 unspecified atom stereocenters. The minimum Gasteiger partial charge on any atom is -0.481 e. The monoisotopic (exact) mass is 284 g/mol. The van der Waals surface area contributed by atoms with Crippen LogP contribution >= 0.6 is 0 Å². The van der Waals surface area contributed by atoms with E-state index < -0.39 is 18.0 Å². The number of rotatable bonds is 8. The van der Waals surface area contributed by atoms with E-state index in [0.29, 0.717) is 18.8 Å². The maximum absolute atomic E-state index is 11.0. The highest BCUT2D eigenvalue weighted by Gasteiger charge is 2.45. The highest BCUT2D eigenvalue weighted by molar-refractivity contribution is 5.70. The van der Waals surface area contributed by atoms with E-state index >= 15 is 0 Å². The van der Waals surface area contributed by atoms with Gasteiger partial charge in [0.2, 0.25) is 0 Å². The zero-order chi connectivity index (χ0) is 15.3. The topological polar surface area (TPSA) is 57.5 Å². The van der Waals surface area contributed by atoms with Crippen LogP contribution < -0.4 is 0 Å². The molecule has 3 heteroatoms. The SMILES string of the molecule is CC.CCC1CC1CC1CC1C[C@@H](O)[C@@H](CC)C(=O)O. The first-order chi connectivity index (χ1) is 9.56. The van der Waals surface area contributed by atoms with Crippen molar-refractivity contribution in [2.45, 2.75) is 72.3 Å². The Kier molecular flexibility index (Phi) is 7.01. The Bertz CT molecular complexity index is 303. The highest BCUT2D eigenvalue weighted by Crippen LogP contribution is 2.54. The van der Waals surface area contributed by atoms with Crippen molar-refractivity contribution < 1.29 is 15.0 Å². The molecule has 3 nitrogen and oxygen atoms in total. The summed E-state index contributed by atoms with van der Waals surface area (Å²) in [7, 11) is 0. The molecule has 2 aliphatic rings. The molecule has 0 aromatic carbocycles. The van der Waals surface area contributed by atoms with Gasteiger partial charge in [0.1, 0.15) is 0 Å². The second-order valence-electron chi connectivity index (χ2n) is 6.31. The van der Waals surface area contributed by atoms with Crippen LogP contribution in [0.5, 0.6) is 0 Å². The summed E-state index contributed by atoms with van der Waals surface area (Å²) in [5.74, 6) is 1.83. The van der Waals surface area contributed by atoms with Crippen molar-refractivity contribution in [2.24, 2.45) is 29.6 Å². The van der Waals surface area contributed by atoms with Crippen LogP contribution in [0.3, 0.4) is 0 Å². The molecule has 0 aromatic heterocycles. The number of carboxylic acids is 1. The number of hydrogen-bond donors (Lipinski definition) is 2. The molecule has 2 rings (SSSR count). The van der Waals surface area contributed by atoms with E-state index in [1.54, 1.807) is 0 Å². The Morgan fingerprint density at radius 3 is 2.10 bits per heavy atom. The average molecular weight is 284 g/mol. The van der Waals surface area contributed by atoms with Gasteiger partial charge in [-0.05, 0) is 55.8 Å². The fourth-order valence-electron chi connectivity index (χ4n) is 3.46. The van der Waals surface area contributed by atoms with E-state index in [-0.39, 0.29) is 0 Å². The summed E-state index contributed by atoms with van der Waals surface area (Å²) in [4.78, 5) is 11.0. The molecule has 0 aliphatic heterocycles. The van der Waals surface area contributed by atoms with Gasteiger partial charge < -0.3 is 10.2 Å². The maximum Gasteiger partial charge on any atom is 0.309 e. The fraction of sp³-hybridized carbons (Fsp3) is 0.941. The molecule has 2 fully saturated rings. The molecule has 118 valence electrons. The van der Waals surface area contributed by atoms with Crippen molar-refractivity contribution in [3.8, 4) is 0 Å². The number of aliphatic carboxylic acids is 1. The minimum atomic E-state index is -0.851. The molecule has 2 saturated carbocycles. The standard InChI is InChI=1S/C15H26O3.C2H6/c1-3-9-5-10(9)6-11-7-12(11)8-14(16)13(4-2)15(17)18;1-2/h9-14,16H,3-8H2,1-2H3,(H,17,18);1-2H3/t9?,10?,11?,12?,13-,14-;/m1./s1. The second-order valence-corrected chi connectivity index (χ2v) is 6.31. The lowest BCUT2D eigenvalue weighted by molar-refractivity contribution is -0.146. The van der Waals surface area contributed by atoms with Crippen LogP contribution in [0.4, 0.5) is 0 Å². The first kappa shape index (κ1) is 17.5. The van der Waals surface area contributed by atoms with E-state index in [1.165, 1.54) is 25.7 Å². The molecular weight excluding hydrogens is 252 g/mol. The van der Waals surface area contributed by atoms with Crippen LogP contribution in [-0.4, -0.2) is 22.3 Å². The van der Waals surface area contributed by atoms with Gasteiger partial charge >= 0.3 is 5.97 Å². The smallest absolute Gasteiger partial charge is 0.309 e. The van der Waals surface area contributed by atoms with Crippen molar-refractivity contribution >= 4 is 5.97 Å². The van der Waals surface area contributed by atoms with Crippen molar-refractivity contribution in [1.82, 2.24) is 0 Å². The number of carbonyl (C=O) groups is 1. The van der Waals surface area contributed by atoms with Gasteiger partial charge in [-0.25, -0.2) is 0 Å². The summed E-state index contributed by atoms with van der Waals surface area (Å²) in [6.07, 6.45) is 5.80. The van der Waals surface area contributed by atoms with Gasteiger partial charge in [0, 0.05) is 0 Å². The summed E-state index contributed by atoms with van der Waals surface area (Å²) in [6.45, 7) is 8.10. The van der Waals surface area contributed by atoms with E-state index in [2.05, 4.69) is 6.92 Å². The zero-order valence-corrected chi connectivity index (χ0v) is 13.5. The third kappa shape index (κ3) is 4.76. The molecule has 2 aliphatic carbocycles. The molecule has 0 bridgehead atoms. The van der Waals surface area contributed by atoms with Gasteiger partial charge in [-0.3, -0.25) is 4.79 Å². The number of carboxylic acid groups (broad SMARTS) is 1. The van der Waals surface area contributed by atoms with Gasteiger partial charge in [0.05, 0.1) is 12.0 Å². The third-order valence-electron chi connectivity index (χ3n) is 5.03. The van der Waals surface area contributed by atoms with Gasteiger partial charge in [0.15, 0.2) is 0 Å². The Morgan fingerprint density at radius 2 is 1.65 bits per heavy atom. The predicted octanol–water partition coefficient (Wildman–Crippen LogP) is 3.95. The minimum absolute atomic E-state index is 0.522. The van der Waals surface area contributed by atoms with Crippen LogP contribution in [0.1, 0.15) is 66.2 Å². The molecule has 0 heterocycles. The van der Waals surface area contributed by atoms with Crippen LogP contribution in [-0.2, 0) is 4.79 Å². The molecule has 2 N–H and O–H groups in total. The number of hydrogen-bond acceptors (Lipinski definition) is 2. The predicted molar refractivity (Wildman–Crippen MR) is 81.5 cm³/mol. The molecule has 0 radical (unpaired) electrons. The normalized spacial score (nSPS) is 33.6. The molecular formula is C17H32O3. The summed E-state index contributed by atoms with van der Waals surface area (Å²) in [6, 6.07) is 0. The fourth-order valence-corrected chi connectivity index (χ4v) is 3.46. The van der Waals surface area contributed by atoms with Gasteiger partial charge in [0.25, 0.3) is 0 Å². The molecule has 0 amide bonds. The number of aliphatic hydroxyl groups is 1. The first-order valence-corrected chi connectivity index (χ1v) is 8.47. The quantitative estimate of drug-likeness (QED) is 0.709. The lowest BCUT2D eigenvalue weighted by Crippen LogP contribution is -2.28. The van der Waals surface area contributed by atoms with Crippen molar-refractivity contribution in [1.29, 1.82) is 0 Å². The molecule has 0 aromatic rings. The van der Waals surface area contributed by atoms with Crippen molar-refractivity contribution in [3.05, 3.63) is 0 Å². The van der Waals surface area contributed by atoms with E-state index in [1.807, 2.05) is 20.8 Å². The maximum atomic E-state index is 11.0. The van der Waals surface area contributed by atoms with Gasteiger partial charge in [-0.1, -0.05) is 34.1 Å². The van der Waals surface area contributed by atoms with E-state index in [4.69, 9.17) is 5.11 Å². The lowest BCUT2D eigenvalue weighted by Gasteiger charge is -2.17. The Hall–Kier alpha value is -0.570. The summed E-state index contributed by atoms with van der Waals surface area (Å²) >= 11 is 0. The van der Waals surface area contributed by atoms with Gasteiger partial charge in [-0.2, -0.15) is 0 Å². The zero-order valence-electron chi connectivity index (χ0n) is 13.5. The first-order valence-electron chi connectivity index (χ1n) is 8.47. The van der Waals surface area contributed by atoms with Crippen LogP contribution in [0, 0.1) is 29.6 Å². The van der Waals surface area contributed by atoms with Crippen LogP contribution in [0.15, 0.2) is 0 Å². The van der Waals surface area contributed by atoms with Gasteiger partial charge in [-0.15, -0.1) is 0 Å². The average Bonchev–Trinajstić information content (AvgIpc) is 3.32. The Balaban J connectivity index is 0.000000956. The van der Waals surface area contributed by atoms with Crippen molar-refractivity contribution in [2.75, 3.05) is 0 Å². The molecule has 0 spiro atoms. The Morgan fingerprint density at radius 1 is 1.10 bits per heavy atom. The third-order valence-corrected chi connectivity index (χ3v) is 5.03. The Labute approximate surface area is 123 Å². The summed E-state index contributed by atoms with van der Waals surface area (Å²) in [5.41, 5.74) is 0. The molecule has 20 heavy (non-hydrogen) atoms. The lowest BCUT2D eigenvalue weighted by atomic mass is 9.94. The summed E-state index contributed by atoms with van der Waals surface area (Å²) < 4.78 is 0.